The summed E-state index contributed by atoms with van der Waals surface area (Å²) >= 11 is 0. The van der Waals surface area contributed by atoms with Crippen molar-refractivity contribution in [2.24, 2.45) is 0 Å². The number of benzene rings is 1. The van der Waals surface area contributed by atoms with Gasteiger partial charge >= 0.3 is 0 Å². The molecule has 0 saturated heterocycles. The van der Waals surface area contributed by atoms with Crippen molar-refractivity contribution in [2.45, 2.75) is 0 Å². The Hall–Kier alpha value is -1.28. The molecule has 0 spiro atoms. The van der Waals surface area contributed by atoms with Gasteiger partial charge in [0, 0.05) is 0 Å². The van der Waals surface area contributed by atoms with Crippen LogP contribution in [0, 0.1) is 0 Å². The molecule has 1 aromatic rings. The molecule has 10 heavy (non-hydrogen) atoms. The molecule has 0 aliphatic carbocycles. The van der Waals surface area contributed by atoms with Crippen molar-refractivity contribution in [3.05, 3.63) is 42.5 Å². The molecule has 2 heteroatoms. The smallest absolute Gasteiger partial charge is 0.0341 e. The molecule has 1 rings (SSSR count). The molecule has 2 nitrogen and oxygen atoms in total. The second kappa shape index (κ2) is 3.69. The SMILES string of the molecule is C=C([O-])c1ccccc1.[NH4+]. The summed E-state index contributed by atoms with van der Waals surface area (Å²) < 4.78 is 0. The number of quaternary nitrogens is 1. The molecule has 0 heterocycles. The summed E-state index contributed by atoms with van der Waals surface area (Å²) in [5.41, 5.74) is 0.664. The van der Waals surface area contributed by atoms with Crippen molar-refractivity contribution >= 4 is 5.76 Å². The molecule has 0 bridgehead atoms. The average molecular weight is 137 g/mol. The third-order valence-corrected chi connectivity index (χ3v) is 1.10. The lowest BCUT2D eigenvalue weighted by Crippen LogP contribution is -1.98. The van der Waals surface area contributed by atoms with E-state index in [0.717, 1.165) is 0 Å². The predicted octanol–water partition coefficient (Wildman–Crippen LogP) is 1.39. The molecule has 54 valence electrons. The fourth-order valence-electron chi connectivity index (χ4n) is 0.624. The van der Waals surface area contributed by atoms with Gasteiger partial charge < -0.3 is 11.3 Å². The molecule has 0 aliphatic rings. The van der Waals surface area contributed by atoms with Crippen LogP contribution >= 0.6 is 0 Å². The third-order valence-electron chi connectivity index (χ3n) is 1.10. The molecular weight excluding hydrogens is 126 g/mol. The van der Waals surface area contributed by atoms with Gasteiger partial charge in [0.25, 0.3) is 0 Å². The summed E-state index contributed by atoms with van der Waals surface area (Å²) in [5.74, 6) is -0.129. The second-order valence-corrected chi connectivity index (χ2v) is 1.79. The van der Waals surface area contributed by atoms with E-state index in [-0.39, 0.29) is 11.9 Å². The first-order valence-electron chi connectivity index (χ1n) is 2.72. The van der Waals surface area contributed by atoms with Crippen LogP contribution in [0.15, 0.2) is 36.9 Å². The lowest BCUT2D eigenvalue weighted by molar-refractivity contribution is -0.243. The summed E-state index contributed by atoms with van der Waals surface area (Å²) in [6.45, 7) is 3.27. The van der Waals surface area contributed by atoms with E-state index in [1.54, 1.807) is 12.1 Å². The van der Waals surface area contributed by atoms with Crippen molar-refractivity contribution in [2.75, 3.05) is 0 Å². The first-order chi connectivity index (χ1) is 4.30. The maximum absolute atomic E-state index is 10.5. The zero-order valence-corrected chi connectivity index (χ0v) is 6.00. The van der Waals surface area contributed by atoms with E-state index in [2.05, 4.69) is 6.58 Å². The minimum atomic E-state index is -0.129. The molecule has 0 radical (unpaired) electrons. The van der Waals surface area contributed by atoms with Gasteiger partial charge in [0.15, 0.2) is 0 Å². The Morgan fingerprint density at radius 2 is 1.70 bits per heavy atom. The molecule has 0 saturated carbocycles. The third kappa shape index (κ3) is 1.91. The second-order valence-electron chi connectivity index (χ2n) is 1.79. The summed E-state index contributed by atoms with van der Waals surface area (Å²) in [6.07, 6.45) is 0. The maximum atomic E-state index is 10.5. The lowest BCUT2D eigenvalue weighted by Gasteiger charge is -2.07. The van der Waals surface area contributed by atoms with Crippen LogP contribution in [-0.4, -0.2) is 0 Å². The average Bonchev–Trinajstić information content (AvgIpc) is 1.90. The lowest BCUT2D eigenvalue weighted by atomic mass is 10.2. The van der Waals surface area contributed by atoms with E-state index in [0.29, 0.717) is 5.56 Å². The van der Waals surface area contributed by atoms with E-state index in [1.165, 1.54) is 0 Å². The zero-order chi connectivity index (χ0) is 6.69. The van der Waals surface area contributed by atoms with Gasteiger partial charge in [0.05, 0.1) is 0 Å². The fourth-order valence-corrected chi connectivity index (χ4v) is 0.624. The monoisotopic (exact) mass is 137 g/mol. The normalized spacial score (nSPS) is 8.00. The van der Waals surface area contributed by atoms with Gasteiger partial charge in [0.1, 0.15) is 0 Å². The first kappa shape index (κ1) is 8.72. The molecule has 0 amide bonds. The van der Waals surface area contributed by atoms with Gasteiger partial charge in [-0.2, -0.15) is 0 Å². The van der Waals surface area contributed by atoms with E-state index in [9.17, 15) is 5.11 Å². The summed E-state index contributed by atoms with van der Waals surface area (Å²) in [6, 6.07) is 8.99. The fraction of sp³-hybridized carbons (Fsp3) is 0. The van der Waals surface area contributed by atoms with Crippen LogP contribution in [0.5, 0.6) is 0 Å². The number of hydrogen-bond acceptors (Lipinski definition) is 1. The minimum Gasteiger partial charge on any atom is -0.872 e. The van der Waals surface area contributed by atoms with Gasteiger partial charge in [-0.15, -0.1) is 12.3 Å². The van der Waals surface area contributed by atoms with Crippen LogP contribution in [0.25, 0.3) is 5.76 Å². The van der Waals surface area contributed by atoms with Crippen molar-refractivity contribution in [3.8, 4) is 0 Å². The molecule has 4 N–H and O–H groups in total. The van der Waals surface area contributed by atoms with Crippen molar-refractivity contribution in [3.63, 3.8) is 0 Å². The summed E-state index contributed by atoms with van der Waals surface area (Å²) in [5, 5.41) is 10.5. The standard InChI is InChI=1S/C8H8O.H3N/c1-7(9)8-5-3-2-4-6-8;/h2-6,9H,1H2;1H3. The largest absolute Gasteiger partial charge is 0.872 e. The topological polar surface area (TPSA) is 59.6 Å². The van der Waals surface area contributed by atoms with Crippen LogP contribution in [-0.2, 0) is 0 Å². The van der Waals surface area contributed by atoms with Crippen LogP contribution in [0.4, 0.5) is 0 Å². The highest BCUT2D eigenvalue weighted by Gasteiger charge is 1.80. The molecular formula is C8H11NO. The van der Waals surface area contributed by atoms with E-state index in [4.69, 9.17) is 0 Å². The quantitative estimate of drug-likeness (QED) is 0.584. The minimum absolute atomic E-state index is 0. The van der Waals surface area contributed by atoms with Crippen LogP contribution in [0.2, 0.25) is 0 Å². The highest BCUT2D eigenvalue weighted by molar-refractivity contribution is 5.53. The Morgan fingerprint density at radius 3 is 2.00 bits per heavy atom. The predicted molar refractivity (Wildman–Crippen MR) is 41.5 cm³/mol. The molecule has 0 fully saturated rings. The summed E-state index contributed by atoms with van der Waals surface area (Å²) in [7, 11) is 0. The Balaban J connectivity index is 0.000000810. The first-order valence-corrected chi connectivity index (χ1v) is 2.72. The highest BCUT2D eigenvalue weighted by Crippen LogP contribution is 2.03. The molecule has 1 aromatic carbocycles. The Labute approximate surface area is 60.4 Å². The van der Waals surface area contributed by atoms with Gasteiger partial charge in [-0.25, -0.2) is 0 Å². The molecule has 0 aromatic heterocycles. The van der Waals surface area contributed by atoms with Gasteiger partial charge in [0.2, 0.25) is 0 Å². The molecule has 0 aliphatic heterocycles. The maximum Gasteiger partial charge on any atom is -0.0341 e. The summed E-state index contributed by atoms with van der Waals surface area (Å²) in [4.78, 5) is 0. The Morgan fingerprint density at radius 1 is 1.20 bits per heavy atom. The van der Waals surface area contributed by atoms with Crippen LogP contribution < -0.4 is 11.3 Å². The number of hydrogen-bond donors (Lipinski definition) is 1. The van der Waals surface area contributed by atoms with Gasteiger partial charge in [-0.05, 0) is 5.56 Å². The zero-order valence-electron chi connectivity index (χ0n) is 6.00. The Kier molecular flexibility index (Phi) is 3.22. The van der Waals surface area contributed by atoms with Crippen molar-refractivity contribution < 1.29 is 5.11 Å². The van der Waals surface area contributed by atoms with Gasteiger partial charge in [-0.1, -0.05) is 30.3 Å². The molecule has 0 unspecified atom stereocenters. The van der Waals surface area contributed by atoms with Crippen LogP contribution in [0.3, 0.4) is 0 Å². The van der Waals surface area contributed by atoms with Gasteiger partial charge in [-0.3, -0.25) is 0 Å². The van der Waals surface area contributed by atoms with E-state index in [1.807, 2.05) is 18.2 Å². The highest BCUT2D eigenvalue weighted by atomic mass is 16.3. The Bertz CT molecular complexity index is 206. The number of rotatable bonds is 1. The molecule has 0 atom stereocenters. The van der Waals surface area contributed by atoms with Crippen molar-refractivity contribution in [1.82, 2.24) is 6.15 Å². The van der Waals surface area contributed by atoms with E-state index < -0.39 is 0 Å². The van der Waals surface area contributed by atoms with Crippen LogP contribution in [0.1, 0.15) is 5.56 Å². The van der Waals surface area contributed by atoms with E-state index >= 15 is 0 Å². The van der Waals surface area contributed by atoms with Crippen molar-refractivity contribution in [1.29, 1.82) is 0 Å².